The highest BCUT2D eigenvalue weighted by Gasteiger charge is 2.40. The van der Waals surface area contributed by atoms with Crippen LogP contribution in [0.15, 0.2) is 54.6 Å². The molecule has 5 heteroatoms. The lowest BCUT2D eigenvalue weighted by atomic mass is 9.92. The van der Waals surface area contributed by atoms with E-state index in [0.717, 1.165) is 16.7 Å². The largest absolute Gasteiger partial charge is 0.378 e. The van der Waals surface area contributed by atoms with Crippen LogP contribution in [0.1, 0.15) is 18.4 Å². The van der Waals surface area contributed by atoms with Gasteiger partial charge in [-0.1, -0.05) is 54.6 Å². The van der Waals surface area contributed by atoms with Crippen molar-refractivity contribution in [3.8, 4) is 11.1 Å². The summed E-state index contributed by atoms with van der Waals surface area (Å²) in [5.74, 6) is -0.871. The molecule has 1 heterocycles. The van der Waals surface area contributed by atoms with Crippen molar-refractivity contribution in [1.29, 1.82) is 0 Å². The number of amides is 2. The van der Waals surface area contributed by atoms with Gasteiger partial charge in [0.05, 0.1) is 13.0 Å². The lowest BCUT2D eigenvalue weighted by molar-refractivity contribution is -0.148. The van der Waals surface area contributed by atoms with Gasteiger partial charge in [0.1, 0.15) is 0 Å². The fraction of sp³-hybridized carbons (Fsp3) is 0.300. The van der Waals surface area contributed by atoms with Crippen LogP contribution in [0.3, 0.4) is 0 Å². The molecule has 0 radical (unpaired) electrons. The van der Waals surface area contributed by atoms with Crippen molar-refractivity contribution in [2.75, 3.05) is 13.1 Å². The fourth-order valence-electron chi connectivity index (χ4n) is 3.18. The highest BCUT2D eigenvalue weighted by molar-refractivity contribution is 5.85. The number of aliphatic hydroxyl groups is 1. The van der Waals surface area contributed by atoms with Crippen LogP contribution in [0.4, 0.5) is 0 Å². The molecule has 1 unspecified atom stereocenters. The molecule has 2 amide bonds. The van der Waals surface area contributed by atoms with Crippen molar-refractivity contribution >= 4 is 11.8 Å². The molecule has 0 aromatic heterocycles. The van der Waals surface area contributed by atoms with Gasteiger partial charge in [0.15, 0.2) is 5.60 Å². The van der Waals surface area contributed by atoms with E-state index in [0.29, 0.717) is 19.4 Å². The lowest BCUT2D eigenvalue weighted by Crippen LogP contribution is -2.57. The fourth-order valence-corrected chi connectivity index (χ4v) is 3.18. The lowest BCUT2D eigenvalue weighted by Gasteiger charge is -2.37. The third kappa shape index (κ3) is 3.88. The highest BCUT2D eigenvalue weighted by Crippen LogP contribution is 2.23. The zero-order valence-corrected chi connectivity index (χ0v) is 14.0. The number of primary amides is 1. The van der Waals surface area contributed by atoms with Crippen molar-refractivity contribution < 1.29 is 14.7 Å². The van der Waals surface area contributed by atoms with Crippen LogP contribution in [0, 0.1) is 0 Å². The van der Waals surface area contributed by atoms with E-state index >= 15 is 0 Å². The molecular weight excluding hydrogens is 316 g/mol. The first-order chi connectivity index (χ1) is 12.0. The Bertz CT molecular complexity index is 758. The monoisotopic (exact) mass is 338 g/mol. The first-order valence-corrected chi connectivity index (χ1v) is 8.42. The Morgan fingerprint density at radius 3 is 2.32 bits per heavy atom. The molecule has 3 N–H and O–H groups in total. The predicted molar refractivity (Wildman–Crippen MR) is 95.5 cm³/mol. The minimum Gasteiger partial charge on any atom is -0.378 e. The molecule has 2 aromatic rings. The first-order valence-electron chi connectivity index (χ1n) is 8.42. The van der Waals surface area contributed by atoms with Crippen LogP contribution in [0.2, 0.25) is 0 Å². The summed E-state index contributed by atoms with van der Waals surface area (Å²) >= 11 is 0. The molecule has 130 valence electrons. The second-order valence-electron chi connectivity index (χ2n) is 6.55. The maximum Gasteiger partial charge on any atom is 0.251 e. The van der Waals surface area contributed by atoms with Crippen molar-refractivity contribution in [2.24, 2.45) is 5.73 Å². The summed E-state index contributed by atoms with van der Waals surface area (Å²) < 4.78 is 0. The number of carbonyl (C=O) groups is 2. The van der Waals surface area contributed by atoms with E-state index in [-0.39, 0.29) is 18.9 Å². The van der Waals surface area contributed by atoms with Crippen molar-refractivity contribution in [3.63, 3.8) is 0 Å². The second-order valence-corrected chi connectivity index (χ2v) is 6.55. The number of piperidine rings is 1. The topological polar surface area (TPSA) is 83.6 Å². The summed E-state index contributed by atoms with van der Waals surface area (Å²) in [6, 6.07) is 17.9. The molecule has 1 aliphatic rings. The molecule has 0 bridgehead atoms. The smallest absolute Gasteiger partial charge is 0.251 e. The third-order valence-corrected chi connectivity index (χ3v) is 4.70. The van der Waals surface area contributed by atoms with Gasteiger partial charge < -0.3 is 15.7 Å². The Hall–Kier alpha value is -2.66. The van der Waals surface area contributed by atoms with E-state index in [4.69, 9.17) is 5.73 Å². The highest BCUT2D eigenvalue weighted by atomic mass is 16.3. The molecule has 5 nitrogen and oxygen atoms in total. The molecule has 2 aromatic carbocycles. The predicted octanol–water partition coefficient (Wildman–Crippen LogP) is 1.73. The zero-order chi connectivity index (χ0) is 17.9. The quantitative estimate of drug-likeness (QED) is 0.890. The van der Waals surface area contributed by atoms with Gasteiger partial charge >= 0.3 is 0 Å². The SMILES string of the molecule is NC(=O)C1(O)CCCN(C(=O)Cc2ccc(-c3ccccc3)cc2)C1. The van der Waals surface area contributed by atoms with Gasteiger partial charge in [0, 0.05) is 6.54 Å². The Labute approximate surface area is 147 Å². The Balaban J connectivity index is 1.66. The van der Waals surface area contributed by atoms with Gasteiger partial charge in [-0.3, -0.25) is 9.59 Å². The molecule has 0 spiro atoms. The molecular formula is C20H22N2O3. The molecule has 3 rings (SSSR count). The standard InChI is InChI=1S/C20H22N2O3/c21-19(24)20(25)11-4-12-22(14-20)18(23)13-15-7-9-17(10-8-15)16-5-2-1-3-6-16/h1-3,5-10,25H,4,11-14H2,(H2,21,24). The molecule has 25 heavy (non-hydrogen) atoms. The molecule has 0 aliphatic carbocycles. The van der Waals surface area contributed by atoms with E-state index in [9.17, 15) is 14.7 Å². The van der Waals surface area contributed by atoms with E-state index in [1.165, 1.54) is 4.90 Å². The normalized spacial score (nSPS) is 20.3. The minimum absolute atomic E-state index is 0.0245. The van der Waals surface area contributed by atoms with Crippen molar-refractivity contribution in [1.82, 2.24) is 4.90 Å². The maximum atomic E-state index is 12.5. The number of nitrogens with zero attached hydrogens (tertiary/aromatic N) is 1. The number of nitrogens with two attached hydrogens (primary N) is 1. The first kappa shape index (κ1) is 17.2. The van der Waals surface area contributed by atoms with Crippen LogP contribution >= 0.6 is 0 Å². The summed E-state index contributed by atoms with van der Waals surface area (Å²) in [6.07, 6.45) is 1.11. The Kier molecular flexibility index (Phi) is 4.86. The third-order valence-electron chi connectivity index (χ3n) is 4.70. The van der Waals surface area contributed by atoms with Gasteiger partial charge in [0.2, 0.25) is 5.91 Å². The summed E-state index contributed by atoms with van der Waals surface area (Å²) in [5, 5.41) is 10.2. The molecule has 1 saturated heterocycles. The number of rotatable bonds is 4. The molecule has 0 saturated carbocycles. The molecule has 1 atom stereocenters. The van der Waals surface area contributed by atoms with E-state index in [1.807, 2.05) is 54.6 Å². The van der Waals surface area contributed by atoms with Crippen molar-refractivity contribution in [2.45, 2.75) is 24.9 Å². The van der Waals surface area contributed by atoms with E-state index in [2.05, 4.69) is 0 Å². The number of hydrogen-bond donors (Lipinski definition) is 2. The molecule has 1 fully saturated rings. The number of β-amino-alcohol motifs (C(OH)–C–C–N with tert-alkyl or cyclic N) is 1. The maximum absolute atomic E-state index is 12.5. The van der Waals surface area contributed by atoms with Gasteiger partial charge in [-0.2, -0.15) is 0 Å². The van der Waals surface area contributed by atoms with Crippen LogP contribution in [0.5, 0.6) is 0 Å². The average Bonchev–Trinajstić information content (AvgIpc) is 2.63. The van der Waals surface area contributed by atoms with Crippen LogP contribution < -0.4 is 5.73 Å². The number of hydrogen-bond acceptors (Lipinski definition) is 3. The van der Waals surface area contributed by atoms with Gasteiger partial charge in [-0.05, 0) is 29.5 Å². The van der Waals surface area contributed by atoms with Gasteiger partial charge in [-0.15, -0.1) is 0 Å². The number of carbonyl (C=O) groups excluding carboxylic acids is 2. The van der Waals surface area contributed by atoms with Crippen molar-refractivity contribution in [3.05, 3.63) is 60.2 Å². The minimum atomic E-state index is -1.61. The summed E-state index contributed by atoms with van der Waals surface area (Å²) in [4.78, 5) is 25.4. The van der Waals surface area contributed by atoms with Gasteiger partial charge in [0.25, 0.3) is 5.91 Å². The van der Waals surface area contributed by atoms with Crippen LogP contribution in [-0.4, -0.2) is 40.5 Å². The number of likely N-dealkylation sites (tertiary alicyclic amines) is 1. The number of benzene rings is 2. The van der Waals surface area contributed by atoms with Gasteiger partial charge in [-0.25, -0.2) is 0 Å². The van der Waals surface area contributed by atoms with Crippen LogP contribution in [0.25, 0.3) is 11.1 Å². The summed E-state index contributed by atoms with van der Waals surface area (Å²) in [5.41, 5.74) is 6.78. The summed E-state index contributed by atoms with van der Waals surface area (Å²) in [6.45, 7) is 0.514. The summed E-state index contributed by atoms with van der Waals surface area (Å²) in [7, 11) is 0. The molecule has 1 aliphatic heterocycles. The van der Waals surface area contributed by atoms with E-state index in [1.54, 1.807) is 0 Å². The average molecular weight is 338 g/mol. The second kappa shape index (κ2) is 7.07. The van der Waals surface area contributed by atoms with Crippen LogP contribution in [-0.2, 0) is 16.0 Å². The zero-order valence-electron chi connectivity index (χ0n) is 14.0. The Morgan fingerprint density at radius 1 is 1.04 bits per heavy atom. The van der Waals surface area contributed by atoms with E-state index < -0.39 is 11.5 Å². The Morgan fingerprint density at radius 2 is 1.68 bits per heavy atom.